The van der Waals surface area contributed by atoms with E-state index in [0.29, 0.717) is 17.0 Å². The molecular weight excluding hydrogens is 315 g/mol. The number of anilines is 1. The number of alkyl halides is 3. The third-order valence-electron chi connectivity index (χ3n) is 3.14. The molecule has 1 N–H and O–H groups in total. The lowest BCUT2D eigenvalue weighted by molar-refractivity contribution is -0.137. The van der Waals surface area contributed by atoms with E-state index in [0.717, 1.165) is 17.7 Å². The number of benzene rings is 2. The number of amides is 1. The van der Waals surface area contributed by atoms with Crippen LogP contribution in [0.4, 0.5) is 18.9 Å². The molecule has 1 amide bonds. The van der Waals surface area contributed by atoms with Crippen molar-refractivity contribution in [3.8, 4) is 0 Å². The van der Waals surface area contributed by atoms with Gasteiger partial charge in [-0.25, -0.2) is 0 Å². The molecule has 0 unspecified atom stereocenters. The maximum absolute atomic E-state index is 12.6. The van der Waals surface area contributed by atoms with Crippen molar-refractivity contribution in [2.24, 2.45) is 0 Å². The van der Waals surface area contributed by atoms with E-state index in [-0.39, 0.29) is 5.69 Å². The molecule has 0 bridgehead atoms. The van der Waals surface area contributed by atoms with Crippen molar-refractivity contribution in [2.75, 3.05) is 5.32 Å². The second kappa shape index (κ2) is 6.40. The highest BCUT2D eigenvalue weighted by atomic mass is 35.5. The van der Waals surface area contributed by atoms with Gasteiger partial charge in [-0.2, -0.15) is 13.2 Å². The first-order chi connectivity index (χ1) is 10.3. The third-order valence-corrected chi connectivity index (χ3v) is 3.51. The van der Waals surface area contributed by atoms with Gasteiger partial charge in [0.25, 0.3) is 5.91 Å². The predicted molar refractivity (Wildman–Crippen MR) is 80.2 cm³/mol. The van der Waals surface area contributed by atoms with Gasteiger partial charge in [-0.3, -0.25) is 4.79 Å². The predicted octanol–water partition coefficient (Wildman–Crippen LogP) is 5.17. The average Bonchev–Trinajstić information content (AvgIpc) is 2.47. The zero-order valence-electron chi connectivity index (χ0n) is 11.7. The Morgan fingerprint density at radius 2 is 1.91 bits per heavy atom. The molecule has 2 nitrogen and oxygen atoms in total. The normalized spacial score (nSPS) is 11.3. The van der Waals surface area contributed by atoms with Gasteiger partial charge >= 0.3 is 6.18 Å². The van der Waals surface area contributed by atoms with Gasteiger partial charge in [0, 0.05) is 16.3 Å². The Labute approximate surface area is 130 Å². The number of aryl methyl sites for hydroxylation is 1. The first-order valence-corrected chi connectivity index (χ1v) is 6.96. The van der Waals surface area contributed by atoms with E-state index in [2.05, 4.69) is 5.32 Å². The number of carbonyl (C=O) groups excluding carboxylic acids is 1. The van der Waals surface area contributed by atoms with Crippen LogP contribution in [-0.4, -0.2) is 5.91 Å². The molecular formula is C16H13ClF3NO. The number of nitrogens with one attached hydrogen (secondary N) is 1. The highest BCUT2D eigenvalue weighted by Crippen LogP contribution is 2.30. The van der Waals surface area contributed by atoms with Crippen molar-refractivity contribution < 1.29 is 18.0 Å². The minimum atomic E-state index is -4.45. The number of halogens is 4. The van der Waals surface area contributed by atoms with Crippen LogP contribution in [0.3, 0.4) is 0 Å². The summed E-state index contributed by atoms with van der Waals surface area (Å²) in [5, 5.41) is 3.01. The lowest BCUT2D eigenvalue weighted by Crippen LogP contribution is -2.13. The Balaban J connectivity index is 2.22. The quantitative estimate of drug-likeness (QED) is 0.827. The Kier molecular flexibility index (Phi) is 4.76. The topological polar surface area (TPSA) is 29.1 Å². The molecule has 0 saturated heterocycles. The standard InChI is InChI=1S/C16H13ClF3NO/c1-2-10-8-11(6-7-14(10)17)15(22)21-13-5-3-4-12(9-13)16(18,19)20/h3-9H,2H2,1H3,(H,21,22). The van der Waals surface area contributed by atoms with Crippen molar-refractivity contribution in [1.29, 1.82) is 0 Å². The molecule has 6 heteroatoms. The smallest absolute Gasteiger partial charge is 0.322 e. The molecule has 22 heavy (non-hydrogen) atoms. The van der Waals surface area contributed by atoms with Crippen LogP contribution in [0.15, 0.2) is 42.5 Å². The molecule has 0 radical (unpaired) electrons. The van der Waals surface area contributed by atoms with Crippen LogP contribution in [-0.2, 0) is 12.6 Å². The molecule has 0 aliphatic heterocycles. The van der Waals surface area contributed by atoms with Crippen molar-refractivity contribution >= 4 is 23.2 Å². The molecule has 0 atom stereocenters. The summed E-state index contributed by atoms with van der Waals surface area (Å²) in [7, 11) is 0. The average molecular weight is 328 g/mol. The number of rotatable bonds is 3. The van der Waals surface area contributed by atoms with Gasteiger partial charge in [0.1, 0.15) is 0 Å². The van der Waals surface area contributed by atoms with E-state index < -0.39 is 17.6 Å². The molecule has 0 spiro atoms. The summed E-state index contributed by atoms with van der Waals surface area (Å²) in [6.07, 6.45) is -3.79. The van der Waals surface area contributed by atoms with Crippen LogP contribution in [0.5, 0.6) is 0 Å². The highest BCUT2D eigenvalue weighted by Gasteiger charge is 2.30. The van der Waals surface area contributed by atoms with Crippen molar-refractivity contribution in [3.05, 3.63) is 64.2 Å². The molecule has 0 heterocycles. The number of hydrogen-bond donors (Lipinski definition) is 1. The SMILES string of the molecule is CCc1cc(C(=O)Nc2cccc(C(F)(F)F)c2)ccc1Cl. The van der Waals surface area contributed by atoms with Crippen LogP contribution in [0.25, 0.3) is 0 Å². The zero-order valence-corrected chi connectivity index (χ0v) is 12.4. The van der Waals surface area contributed by atoms with Gasteiger partial charge in [0.15, 0.2) is 0 Å². The fourth-order valence-corrected chi connectivity index (χ4v) is 2.21. The number of hydrogen-bond acceptors (Lipinski definition) is 1. The van der Waals surface area contributed by atoms with Gasteiger partial charge in [-0.1, -0.05) is 24.6 Å². The van der Waals surface area contributed by atoms with Gasteiger partial charge in [0.2, 0.25) is 0 Å². The Morgan fingerprint density at radius 3 is 2.55 bits per heavy atom. The van der Waals surface area contributed by atoms with Crippen LogP contribution >= 0.6 is 11.6 Å². The van der Waals surface area contributed by atoms with E-state index >= 15 is 0 Å². The lowest BCUT2D eigenvalue weighted by Gasteiger charge is -2.10. The lowest BCUT2D eigenvalue weighted by atomic mass is 10.1. The molecule has 2 rings (SSSR count). The Hall–Kier alpha value is -2.01. The van der Waals surface area contributed by atoms with E-state index in [1.807, 2.05) is 6.92 Å². The molecule has 0 aliphatic rings. The molecule has 0 fully saturated rings. The maximum atomic E-state index is 12.6. The largest absolute Gasteiger partial charge is 0.416 e. The van der Waals surface area contributed by atoms with E-state index in [1.54, 1.807) is 12.1 Å². The van der Waals surface area contributed by atoms with Gasteiger partial charge in [0.05, 0.1) is 5.56 Å². The minimum absolute atomic E-state index is 0.0906. The van der Waals surface area contributed by atoms with E-state index in [9.17, 15) is 18.0 Å². The van der Waals surface area contributed by atoms with Crippen molar-refractivity contribution in [1.82, 2.24) is 0 Å². The monoisotopic (exact) mass is 327 g/mol. The summed E-state index contributed by atoms with van der Waals surface area (Å²) in [4.78, 5) is 12.1. The zero-order chi connectivity index (χ0) is 16.3. The summed E-state index contributed by atoms with van der Waals surface area (Å²) in [6, 6.07) is 9.26. The summed E-state index contributed by atoms with van der Waals surface area (Å²) in [5.41, 5.74) is 0.431. The summed E-state index contributed by atoms with van der Waals surface area (Å²) < 4.78 is 37.9. The molecule has 2 aromatic carbocycles. The third kappa shape index (κ3) is 3.80. The van der Waals surface area contributed by atoms with Crippen LogP contribution in [0.2, 0.25) is 5.02 Å². The van der Waals surface area contributed by atoms with Crippen LogP contribution < -0.4 is 5.32 Å². The first kappa shape index (κ1) is 16.4. The summed E-state index contributed by atoms with van der Waals surface area (Å²) in [5.74, 6) is -0.481. The fourth-order valence-electron chi connectivity index (χ4n) is 1.96. The van der Waals surface area contributed by atoms with Crippen molar-refractivity contribution in [2.45, 2.75) is 19.5 Å². The first-order valence-electron chi connectivity index (χ1n) is 6.58. The Bertz CT molecular complexity index is 698. The molecule has 0 aliphatic carbocycles. The molecule has 116 valence electrons. The highest BCUT2D eigenvalue weighted by molar-refractivity contribution is 6.31. The Morgan fingerprint density at radius 1 is 1.18 bits per heavy atom. The molecule has 0 saturated carbocycles. The molecule has 0 aromatic heterocycles. The molecule has 2 aromatic rings. The van der Waals surface area contributed by atoms with E-state index in [4.69, 9.17) is 11.6 Å². The summed E-state index contributed by atoms with van der Waals surface area (Å²) in [6.45, 7) is 1.90. The van der Waals surface area contributed by atoms with Gasteiger partial charge in [-0.05, 0) is 48.4 Å². The van der Waals surface area contributed by atoms with Gasteiger partial charge < -0.3 is 5.32 Å². The van der Waals surface area contributed by atoms with E-state index in [1.165, 1.54) is 18.2 Å². The van der Waals surface area contributed by atoms with Crippen LogP contribution in [0.1, 0.15) is 28.4 Å². The summed E-state index contributed by atoms with van der Waals surface area (Å²) >= 11 is 5.98. The van der Waals surface area contributed by atoms with Gasteiger partial charge in [-0.15, -0.1) is 0 Å². The second-order valence-electron chi connectivity index (χ2n) is 4.69. The maximum Gasteiger partial charge on any atom is 0.416 e. The minimum Gasteiger partial charge on any atom is -0.322 e. The van der Waals surface area contributed by atoms with Crippen LogP contribution in [0, 0.1) is 0 Å². The fraction of sp³-hybridized carbons (Fsp3) is 0.188. The van der Waals surface area contributed by atoms with Crippen molar-refractivity contribution in [3.63, 3.8) is 0 Å². The second-order valence-corrected chi connectivity index (χ2v) is 5.10. The number of carbonyl (C=O) groups is 1.